The number of benzene rings is 1. The molecule has 0 spiro atoms. The third-order valence-electron chi connectivity index (χ3n) is 4.05. The van der Waals surface area contributed by atoms with E-state index >= 15 is 0 Å². The largest absolute Gasteiger partial charge is 0.373 e. The molecule has 0 atom stereocenters. The molecule has 0 aliphatic heterocycles. The fourth-order valence-corrected chi connectivity index (χ4v) is 2.99. The molecule has 0 aliphatic rings. The third-order valence-corrected chi connectivity index (χ3v) is 4.37. The van der Waals surface area contributed by atoms with Gasteiger partial charge in [-0.15, -0.1) is 0 Å². The summed E-state index contributed by atoms with van der Waals surface area (Å²) in [7, 11) is 1.83. The summed E-state index contributed by atoms with van der Waals surface area (Å²) in [5, 5.41) is 7.96. The molecule has 0 fully saturated rings. The van der Waals surface area contributed by atoms with Crippen LogP contribution in [-0.4, -0.2) is 27.0 Å². The zero-order chi connectivity index (χ0) is 18.1. The number of H-pyrrole nitrogens is 1. The van der Waals surface area contributed by atoms with Crippen molar-refractivity contribution in [2.75, 3.05) is 17.7 Å². The molecule has 3 aromatic heterocycles. The standard InChI is InChI=1S/C19H17ClN6/c1-11-7-18(21-2)26-19(24-11)25-13-3-4-15(20)14(8-13)17-9-16-12(10-23-17)5-6-22-16/h3-10,22H,1-2H3,(H2,21,24,25,26). The molecular formula is C19H17ClN6. The summed E-state index contributed by atoms with van der Waals surface area (Å²) in [6.45, 7) is 1.93. The van der Waals surface area contributed by atoms with Crippen molar-refractivity contribution in [3.8, 4) is 11.3 Å². The Morgan fingerprint density at radius 1 is 1.08 bits per heavy atom. The van der Waals surface area contributed by atoms with Crippen LogP contribution in [0.4, 0.5) is 17.5 Å². The van der Waals surface area contributed by atoms with Gasteiger partial charge in [0.1, 0.15) is 5.82 Å². The lowest BCUT2D eigenvalue weighted by atomic mass is 10.1. The van der Waals surface area contributed by atoms with Crippen LogP contribution >= 0.6 is 11.6 Å². The van der Waals surface area contributed by atoms with E-state index in [1.54, 1.807) is 0 Å². The van der Waals surface area contributed by atoms with Crippen LogP contribution in [0.2, 0.25) is 5.02 Å². The SMILES string of the molecule is CNc1cc(C)nc(Nc2ccc(Cl)c(-c3cc4[nH]ccc4cn3)c2)n1. The number of aromatic amines is 1. The molecule has 0 unspecified atom stereocenters. The van der Waals surface area contributed by atoms with Crippen LogP contribution in [0.5, 0.6) is 0 Å². The summed E-state index contributed by atoms with van der Waals surface area (Å²) in [4.78, 5) is 16.6. The molecule has 26 heavy (non-hydrogen) atoms. The first-order valence-corrected chi connectivity index (χ1v) is 8.54. The van der Waals surface area contributed by atoms with Gasteiger partial charge in [-0.2, -0.15) is 4.98 Å². The molecule has 130 valence electrons. The fraction of sp³-hybridized carbons (Fsp3) is 0.105. The summed E-state index contributed by atoms with van der Waals surface area (Å²) in [5.74, 6) is 1.28. The van der Waals surface area contributed by atoms with Crippen LogP contribution in [0.3, 0.4) is 0 Å². The highest BCUT2D eigenvalue weighted by molar-refractivity contribution is 6.33. The molecule has 0 aliphatic carbocycles. The number of halogens is 1. The number of fused-ring (bicyclic) bond motifs is 1. The van der Waals surface area contributed by atoms with Gasteiger partial charge in [-0.1, -0.05) is 11.6 Å². The molecule has 3 N–H and O–H groups in total. The van der Waals surface area contributed by atoms with Crippen LogP contribution in [0.1, 0.15) is 5.69 Å². The quantitative estimate of drug-likeness (QED) is 0.486. The molecular weight excluding hydrogens is 348 g/mol. The van der Waals surface area contributed by atoms with Gasteiger partial charge in [-0.05, 0) is 37.3 Å². The first-order valence-electron chi connectivity index (χ1n) is 8.16. The number of aryl methyl sites for hydroxylation is 1. The topological polar surface area (TPSA) is 78.5 Å². The summed E-state index contributed by atoms with van der Waals surface area (Å²) < 4.78 is 0. The number of nitrogens with one attached hydrogen (secondary N) is 3. The number of rotatable bonds is 4. The average Bonchev–Trinajstić information content (AvgIpc) is 3.10. The van der Waals surface area contributed by atoms with Gasteiger partial charge < -0.3 is 15.6 Å². The van der Waals surface area contributed by atoms with Gasteiger partial charge in [-0.25, -0.2) is 4.98 Å². The zero-order valence-electron chi connectivity index (χ0n) is 14.3. The Morgan fingerprint density at radius 2 is 1.96 bits per heavy atom. The molecule has 0 radical (unpaired) electrons. The first-order chi connectivity index (χ1) is 12.6. The number of hydrogen-bond donors (Lipinski definition) is 3. The predicted octanol–water partition coefficient (Wildman–Crippen LogP) is 4.77. The Bertz CT molecular complexity index is 1090. The molecule has 6 nitrogen and oxygen atoms in total. The Morgan fingerprint density at radius 3 is 2.81 bits per heavy atom. The fourth-order valence-electron chi connectivity index (χ4n) is 2.77. The second-order valence-electron chi connectivity index (χ2n) is 5.92. The van der Waals surface area contributed by atoms with Gasteiger partial charge in [0.25, 0.3) is 0 Å². The van der Waals surface area contributed by atoms with Crippen LogP contribution in [0.25, 0.3) is 22.2 Å². The molecule has 1 aromatic carbocycles. The van der Waals surface area contributed by atoms with Crippen molar-refractivity contribution < 1.29 is 0 Å². The molecule has 0 saturated heterocycles. The van der Waals surface area contributed by atoms with E-state index in [1.165, 1.54) is 0 Å². The van der Waals surface area contributed by atoms with Crippen molar-refractivity contribution in [2.45, 2.75) is 6.92 Å². The van der Waals surface area contributed by atoms with E-state index in [1.807, 2.05) is 62.8 Å². The van der Waals surface area contributed by atoms with E-state index < -0.39 is 0 Å². The number of pyridine rings is 1. The minimum Gasteiger partial charge on any atom is -0.373 e. The van der Waals surface area contributed by atoms with Gasteiger partial charge in [0, 0.05) is 53.4 Å². The second-order valence-corrected chi connectivity index (χ2v) is 6.33. The van der Waals surface area contributed by atoms with Crippen molar-refractivity contribution in [1.82, 2.24) is 19.9 Å². The van der Waals surface area contributed by atoms with Gasteiger partial charge >= 0.3 is 0 Å². The monoisotopic (exact) mass is 364 g/mol. The Hall–Kier alpha value is -3.12. The van der Waals surface area contributed by atoms with Crippen molar-refractivity contribution >= 4 is 40.0 Å². The predicted molar refractivity (Wildman–Crippen MR) is 106 cm³/mol. The zero-order valence-corrected chi connectivity index (χ0v) is 15.1. The van der Waals surface area contributed by atoms with E-state index in [4.69, 9.17) is 11.6 Å². The summed E-state index contributed by atoms with van der Waals surface area (Å²) in [6, 6.07) is 11.5. The molecule has 7 heteroatoms. The highest BCUT2D eigenvalue weighted by atomic mass is 35.5. The third kappa shape index (κ3) is 3.19. The van der Waals surface area contributed by atoms with Crippen molar-refractivity contribution in [2.24, 2.45) is 0 Å². The minimum atomic E-state index is 0.524. The maximum absolute atomic E-state index is 6.41. The number of hydrogen-bond acceptors (Lipinski definition) is 5. The average molecular weight is 365 g/mol. The van der Waals surface area contributed by atoms with Crippen LogP contribution in [0.15, 0.2) is 48.8 Å². The molecule has 3 heterocycles. The van der Waals surface area contributed by atoms with Crippen LogP contribution in [0, 0.1) is 6.92 Å². The van der Waals surface area contributed by atoms with Crippen molar-refractivity contribution in [1.29, 1.82) is 0 Å². The minimum absolute atomic E-state index is 0.524. The van der Waals surface area contributed by atoms with Crippen LogP contribution in [-0.2, 0) is 0 Å². The molecule has 4 rings (SSSR count). The maximum Gasteiger partial charge on any atom is 0.229 e. The Balaban J connectivity index is 1.71. The number of aromatic nitrogens is 4. The summed E-state index contributed by atoms with van der Waals surface area (Å²) >= 11 is 6.41. The summed E-state index contributed by atoms with van der Waals surface area (Å²) in [6.07, 6.45) is 3.73. The van der Waals surface area contributed by atoms with E-state index in [9.17, 15) is 0 Å². The number of anilines is 3. The lowest BCUT2D eigenvalue weighted by Gasteiger charge is -2.10. The normalized spacial score (nSPS) is 10.9. The van der Waals surface area contributed by atoms with Crippen molar-refractivity contribution in [3.63, 3.8) is 0 Å². The maximum atomic E-state index is 6.41. The molecule has 0 amide bonds. The van der Waals surface area contributed by atoms with E-state index in [-0.39, 0.29) is 0 Å². The van der Waals surface area contributed by atoms with E-state index in [2.05, 4.69) is 30.6 Å². The number of nitrogens with zero attached hydrogens (tertiary/aromatic N) is 3. The van der Waals surface area contributed by atoms with Crippen LogP contribution < -0.4 is 10.6 Å². The van der Waals surface area contributed by atoms with Gasteiger partial charge in [0.15, 0.2) is 0 Å². The van der Waals surface area contributed by atoms with Gasteiger partial charge in [0.2, 0.25) is 5.95 Å². The van der Waals surface area contributed by atoms with Gasteiger partial charge in [-0.3, -0.25) is 4.98 Å². The molecule has 0 bridgehead atoms. The Labute approximate surface area is 155 Å². The highest BCUT2D eigenvalue weighted by Gasteiger charge is 2.09. The molecule has 4 aromatic rings. The first kappa shape index (κ1) is 16.4. The lowest BCUT2D eigenvalue weighted by molar-refractivity contribution is 1.10. The highest BCUT2D eigenvalue weighted by Crippen LogP contribution is 2.31. The van der Waals surface area contributed by atoms with E-state index in [0.717, 1.165) is 39.4 Å². The Kier molecular flexibility index (Phi) is 4.18. The second kappa shape index (κ2) is 6.65. The summed E-state index contributed by atoms with van der Waals surface area (Å²) in [5.41, 5.74) is 4.37. The van der Waals surface area contributed by atoms with Gasteiger partial charge in [0.05, 0.1) is 10.7 Å². The van der Waals surface area contributed by atoms with Crippen molar-refractivity contribution in [3.05, 3.63) is 59.5 Å². The smallest absolute Gasteiger partial charge is 0.229 e. The van der Waals surface area contributed by atoms with E-state index in [0.29, 0.717) is 11.0 Å². The lowest BCUT2D eigenvalue weighted by Crippen LogP contribution is -2.02. The molecule has 0 saturated carbocycles.